The molecule has 7 nitrogen and oxygen atoms in total. The second kappa shape index (κ2) is 5.79. The zero-order chi connectivity index (χ0) is 13.3. The second-order valence-electron chi connectivity index (χ2n) is 5.17. The van der Waals surface area contributed by atoms with Crippen LogP contribution in [0.5, 0.6) is 0 Å². The Labute approximate surface area is 106 Å². The van der Waals surface area contributed by atoms with Crippen molar-refractivity contribution in [1.29, 1.82) is 0 Å². The van der Waals surface area contributed by atoms with Crippen LogP contribution in [0.4, 0.5) is 0 Å². The van der Waals surface area contributed by atoms with Crippen LogP contribution in [0.1, 0.15) is 19.3 Å². The Morgan fingerprint density at radius 2 is 1.89 bits per heavy atom. The highest BCUT2D eigenvalue weighted by Crippen LogP contribution is 2.27. The Kier molecular flexibility index (Phi) is 4.54. The molecule has 7 atom stereocenters. The Hall–Kier alpha value is -0.280. The summed E-state index contributed by atoms with van der Waals surface area (Å²) in [5.74, 6) is 0. The van der Waals surface area contributed by atoms with E-state index in [2.05, 4.69) is 0 Å². The van der Waals surface area contributed by atoms with E-state index in [9.17, 15) is 10.2 Å². The van der Waals surface area contributed by atoms with Gasteiger partial charge in [-0.05, 0) is 12.8 Å². The summed E-state index contributed by atoms with van der Waals surface area (Å²) in [5, 5.41) is 28.6. The quantitative estimate of drug-likeness (QED) is 0.385. The summed E-state index contributed by atoms with van der Waals surface area (Å²) >= 11 is 0. The largest absolute Gasteiger partial charge is 0.394 e. The lowest BCUT2D eigenvalue weighted by molar-refractivity contribution is -0.219. The van der Waals surface area contributed by atoms with Gasteiger partial charge in [-0.1, -0.05) is 0 Å². The van der Waals surface area contributed by atoms with E-state index in [0.29, 0.717) is 19.3 Å². The van der Waals surface area contributed by atoms with Gasteiger partial charge in [-0.25, -0.2) is 0 Å². The molecule has 1 saturated carbocycles. The van der Waals surface area contributed by atoms with Gasteiger partial charge in [0.15, 0.2) is 6.29 Å². The molecule has 0 bridgehead atoms. The Morgan fingerprint density at radius 3 is 2.50 bits per heavy atom. The number of aliphatic hydroxyl groups excluding tert-OH is 3. The number of hydrogen-bond donors (Lipinski definition) is 5. The maximum atomic E-state index is 9.93. The van der Waals surface area contributed by atoms with Crippen molar-refractivity contribution in [2.45, 2.75) is 62.1 Å². The Balaban J connectivity index is 1.92. The van der Waals surface area contributed by atoms with Gasteiger partial charge in [0.25, 0.3) is 0 Å². The number of aliphatic hydroxyl groups is 3. The number of hydrogen-bond acceptors (Lipinski definition) is 7. The molecular weight excluding hydrogens is 240 g/mol. The molecule has 2 rings (SSSR count). The summed E-state index contributed by atoms with van der Waals surface area (Å²) in [4.78, 5) is 0. The molecule has 0 aromatic heterocycles. The van der Waals surface area contributed by atoms with Crippen molar-refractivity contribution in [1.82, 2.24) is 0 Å². The van der Waals surface area contributed by atoms with Gasteiger partial charge < -0.3 is 36.3 Å². The van der Waals surface area contributed by atoms with Crippen molar-refractivity contribution >= 4 is 0 Å². The van der Waals surface area contributed by atoms with Gasteiger partial charge in [0.1, 0.15) is 6.10 Å². The van der Waals surface area contributed by atoms with Gasteiger partial charge in [-0.15, -0.1) is 0 Å². The standard InChI is InChI=1S/C11H22N2O5/c12-5-1-7(13)10(16)9(2-5)18-11-8(15)3-6(4-14)17-11/h5-11,14-16H,1-4,12-13H2. The van der Waals surface area contributed by atoms with E-state index in [1.54, 1.807) is 0 Å². The third kappa shape index (κ3) is 3.00. The third-order valence-corrected chi connectivity index (χ3v) is 3.59. The van der Waals surface area contributed by atoms with E-state index >= 15 is 0 Å². The molecule has 1 aliphatic heterocycles. The number of nitrogens with two attached hydrogens (primary N) is 2. The summed E-state index contributed by atoms with van der Waals surface area (Å²) in [6.07, 6.45) is -2.06. The molecular formula is C11H22N2O5. The zero-order valence-corrected chi connectivity index (χ0v) is 10.2. The van der Waals surface area contributed by atoms with Crippen molar-refractivity contribution in [2.75, 3.05) is 6.61 Å². The maximum absolute atomic E-state index is 9.93. The molecule has 2 aliphatic rings. The lowest BCUT2D eigenvalue weighted by Gasteiger charge is -2.37. The van der Waals surface area contributed by atoms with Crippen molar-refractivity contribution in [3.8, 4) is 0 Å². The van der Waals surface area contributed by atoms with Crippen molar-refractivity contribution in [2.24, 2.45) is 11.5 Å². The molecule has 1 aliphatic carbocycles. The van der Waals surface area contributed by atoms with E-state index in [-0.39, 0.29) is 12.6 Å². The fourth-order valence-corrected chi connectivity index (χ4v) is 2.56. The minimum absolute atomic E-state index is 0.124. The molecule has 0 spiro atoms. The molecule has 1 heterocycles. The minimum Gasteiger partial charge on any atom is -0.394 e. The third-order valence-electron chi connectivity index (χ3n) is 3.59. The zero-order valence-electron chi connectivity index (χ0n) is 10.2. The van der Waals surface area contributed by atoms with Crippen LogP contribution in [0, 0.1) is 0 Å². The highest BCUT2D eigenvalue weighted by molar-refractivity contribution is 4.92. The summed E-state index contributed by atoms with van der Waals surface area (Å²) in [6.45, 7) is -0.164. The molecule has 0 radical (unpaired) electrons. The first kappa shape index (κ1) is 14.1. The van der Waals surface area contributed by atoms with Gasteiger partial charge in [0, 0.05) is 18.5 Å². The van der Waals surface area contributed by atoms with Crippen LogP contribution in [0.25, 0.3) is 0 Å². The van der Waals surface area contributed by atoms with Crippen molar-refractivity contribution in [3.05, 3.63) is 0 Å². The first-order valence-electron chi connectivity index (χ1n) is 6.30. The van der Waals surface area contributed by atoms with E-state index < -0.39 is 36.7 Å². The Morgan fingerprint density at radius 1 is 1.17 bits per heavy atom. The van der Waals surface area contributed by atoms with Gasteiger partial charge >= 0.3 is 0 Å². The lowest BCUT2D eigenvalue weighted by Crippen LogP contribution is -2.55. The molecule has 2 fully saturated rings. The van der Waals surface area contributed by atoms with Crippen LogP contribution in [-0.2, 0) is 9.47 Å². The maximum Gasteiger partial charge on any atom is 0.184 e. The Bertz CT molecular complexity index is 280. The molecule has 1 saturated heterocycles. The molecule has 106 valence electrons. The minimum atomic E-state index is -0.834. The van der Waals surface area contributed by atoms with Crippen LogP contribution in [-0.4, -0.2) is 64.7 Å². The van der Waals surface area contributed by atoms with E-state index in [1.807, 2.05) is 0 Å². The highest BCUT2D eigenvalue weighted by Gasteiger charge is 2.40. The van der Waals surface area contributed by atoms with Crippen LogP contribution < -0.4 is 11.5 Å². The fourth-order valence-electron chi connectivity index (χ4n) is 2.56. The number of rotatable bonds is 3. The highest BCUT2D eigenvalue weighted by atomic mass is 16.7. The second-order valence-corrected chi connectivity index (χ2v) is 5.17. The summed E-state index contributed by atoms with van der Waals surface area (Å²) in [7, 11) is 0. The monoisotopic (exact) mass is 262 g/mol. The topological polar surface area (TPSA) is 131 Å². The van der Waals surface area contributed by atoms with Gasteiger partial charge in [0.05, 0.1) is 24.9 Å². The van der Waals surface area contributed by atoms with Crippen molar-refractivity contribution < 1.29 is 24.8 Å². The molecule has 18 heavy (non-hydrogen) atoms. The van der Waals surface area contributed by atoms with Gasteiger partial charge in [-0.2, -0.15) is 0 Å². The first-order chi connectivity index (χ1) is 8.51. The first-order valence-corrected chi connectivity index (χ1v) is 6.30. The summed E-state index contributed by atoms with van der Waals surface area (Å²) in [6, 6.07) is -0.550. The molecule has 0 amide bonds. The summed E-state index contributed by atoms with van der Waals surface area (Å²) in [5.41, 5.74) is 11.6. The SMILES string of the molecule is NC1CC(N)C(O)C(OC2OC(CO)CC2O)C1. The van der Waals surface area contributed by atoms with Crippen LogP contribution in [0.15, 0.2) is 0 Å². The molecule has 7 heteroatoms. The van der Waals surface area contributed by atoms with Crippen molar-refractivity contribution in [3.63, 3.8) is 0 Å². The normalized spacial score (nSPS) is 49.5. The average Bonchev–Trinajstić information content (AvgIpc) is 2.66. The predicted molar refractivity (Wildman–Crippen MR) is 62.4 cm³/mol. The smallest absolute Gasteiger partial charge is 0.184 e. The fraction of sp³-hybridized carbons (Fsp3) is 1.00. The van der Waals surface area contributed by atoms with Gasteiger partial charge in [-0.3, -0.25) is 0 Å². The van der Waals surface area contributed by atoms with Crippen LogP contribution >= 0.6 is 0 Å². The average molecular weight is 262 g/mol. The van der Waals surface area contributed by atoms with Gasteiger partial charge in [0.2, 0.25) is 0 Å². The molecule has 0 aromatic carbocycles. The van der Waals surface area contributed by atoms with E-state index in [4.69, 9.17) is 26.0 Å². The van der Waals surface area contributed by atoms with Crippen LogP contribution in [0.2, 0.25) is 0 Å². The molecule has 7 unspecified atom stereocenters. The molecule has 0 aromatic rings. The van der Waals surface area contributed by atoms with E-state index in [1.165, 1.54) is 0 Å². The van der Waals surface area contributed by atoms with E-state index in [0.717, 1.165) is 0 Å². The predicted octanol–water partition coefficient (Wildman–Crippen LogP) is -2.35. The van der Waals surface area contributed by atoms with Crippen LogP contribution in [0.3, 0.4) is 0 Å². The lowest BCUT2D eigenvalue weighted by atomic mass is 9.87. The number of ether oxygens (including phenoxy) is 2. The molecule has 7 N–H and O–H groups in total. The summed E-state index contributed by atoms with van der Waals surface area (Å²) < 4.78 is 10.9.